The number of rotatable bonds is 8. The zero-order valence-electron chi connectivity index (χ0n) is 15.2. The van der Waals surface area contributed by atoms with Crippen LogP contribution in [0.15, 0.2) is 60.9 Å². The average Bonchev–Trinajstić information content (AvgIpc) is 3.25. The molecule has 0 aliphatic heterocycles. The van der Waals surface area contributed by atoms with E-state index in [1.165, 1.54) is 25.3 Å². The molecule has 0 fully saturated rings. The highest BCUT2D eigenvalue weighted by atomic mass is 16.5. The Labute approximate surface area is 161 Å². The Morgan fingerprint density at radius 2 is 1.89 bits per heavy atom. The fourth-order valence-corrected chi connectivity index (χ4v) is 2.46. The van der Waals surface area contributed by atoms with Gasteiger partial charge in [0.05, 0.1) is 18.4 Å². The van der Waals surface area contributed by atoms with Crippen molar-refractivity contribution < 1.29 is 23.8 Å². The number of ether oxygens (including phenoxy) is 3. The molecule has 2 N–H and O–H groups in total. The Balaban J connectivity index is 1.62. The summed E-state index contributed by atoms with van der Waals surface area (Å²) in [6.07, 6.45) is 3.55. The van der Waals surface area contributed by atoms with Gasteiger partial charge >= 0.3 is 5.97 Å². The number of nitrogens with two attached hydrogens (primary N) is 1. The molecular weight excluding hydrogens is 362 g/mol. The van der Waals surface area contributed by atoms with Gasteiger partial charge in [0.25, 0.3) is 5.91 Å². The van der Waals surface area contributed by atoms with Crippen LogP contribution in [-0.2, 0) is 16.1 Å². The minimum atomic E-state index is -0.607. The molecule has 0 unspecified atom stereocenters. The largest absolute Gasteiger partial charge is 0.493 e. The monoisotopic (exact) mass is 381 g/mol. The summed E-state index contributed by atoms with van der Waals surface area (Å²) in [5, 5.41) is 4.16. The number of nitrogens with zero attached hydrogens (tertiary/aromatic N) is 2. The molecule has 0 aliphatic rings. The maximum atomic E-state index is 12.3. The number of aromatic nitrogens is 2. The topological polar surface area (TPSA) is 106 Å². The number of amides is 1. The van der Waals surface area contributed by atoms with Crippen LogP contribution >= 0.6 is 0 Å². The van der Waals surface area contributed by atoms with Crippen LogP contribution in [0.25, 0.3) is 5.69 Å². The number of benzene rings is 2. The Kier molecular flexibility index (Phi) is 5.91. The lowest BCUT2D eigenvalue weighted by Gasteiger charge is -2.11. The van der Waals surface area contributed by atoms with Gasteiger partial charge in [-0.3, -0.25) is 4.79 Å². The number of hydrogen-bond acceptors (Lipinski definition) is 6. The molecule has 1 aromatic heterocycles. The molecule has 0 aliphatic carbocycles. The van der Waals surface area contributed by atoms with Gasteiger partial charge in [-0.1, -0.05) is 12.1 Å². The van der Waals surface area contributed by atoms with Crippen LogP contribution in [0.4, 0.5) is 0 Å². The van der Waals surface area contributed by atoms with E-state index >= 15 is 0 Å². The molecule has 8 nitrogen and oxygen atoms in total. The molecule has 0 spiro atoms. The molecule has 1 heterocycles. The zero-order chi connectivity index (χ0) is 19.9. The number of methoxy groups -OCH3 is 1. The summed E-state index contributed by atoms with van der Waals surface area (Å²) in [6, 6.07) is 13.9. The summed E-state index contributed by atoms with van der Waals surface area (Å²) in [5.41, 5.74) is 7.12. The van der Waals surface area contributed by atoms with Crippen LogP contribution in [0.2, 0.25) is 0 Å². The lowest BCUT2D eigenvalue weighted by atomic mass is 10.2. The number of hydrogen-bond donors (Lipinski definition) is 1. The molecule has 3 rings (SSSR count). The van der Waals surface area contributed by atoms with Crippen molar-refractivity contribution >= 4 is 11.9 Å². The first-order valence-corrected chi connectivity index (χ1v) is 8.42. The van der Waals surface area contributed by atoms with Gasteiger partial charge in [0, 0.05) is 12.4 Å². The Morgan fingerprint density at radius 3 is 2.54 bits per heavy atom. The molecule has 2 aromatic carbocycles. The molecule has 3 aromatic rings. The molecule has 0 saturated carbocycles. The van der Waals surface area contributed by atoms with Crippen molar-refractivity contribution in [2.24, 2.45) is 5.73 Å². The number of carbonyl (C=O) groups excluding carboxylic acids is 2. The fraction of sp³-hybridized carbons (Fsp3) is 0.150. The molecule has 0 saturated heterocycles. The standard InChI is InChI=1S/C20H19N3O5/c1-26-18-11-15(5-8-17(18)27-13-19(21)24)20(25)28-12-14-3-6-16(7-4-14)23-10-2-9-22-23/h2-11H,12-13H2,1H3,(H2,21,24). The van der Waals surface area contributed by atoms with Crippen LogP contribution in [0.1, 0.15) is 15.9 Å². The van der Waals surface area contributed by atoms with Crippen molar-refractivity contribution in [2.75, 3.05) is 13.7 Å². The first-order valence-electron chi connectivity index (χ1n) is 8.42. The fourth-order valence-electron chi connectivity index (χ4n) is 2.46. The van der Waals surface area contributed by atoms with Crippen molar-refractivity contribution in [1.29, 1.82) is 0 Å². The van der Waals surface area contributed by atoms with Gasteiger partial charge in [-0.05, 0) is 42.0 Å². The molecule has 144 valence electrons. The number of carbonyl (C=O) groups is 2. The van der Waals surface area contributed by atoms with Crippen molar-refractivity contribution in [3.63, 3.8) is 0 Å². The van der Waals surface area contributed by atoms with E-state index in [0.29, 0.717) is 17.1 Å². The molecule has 0 atom stereocenters. The predicted molar refractivity (Wildman–Crippen MR) is 100 cm³/mol. The average molecular weight is 381 g/mol. The Bertz CT molecular complexity index is 952. The highest BCUT2D eigenvalue weighted by Crippen LogP contribution is 2.28. The van der Waals surface area contributed by atoms with Crippen molar-refractivity contribution in [3.8, 4) is 17.2 Å². The van der Waals surface area contributed by atoms with Gasteiger partial charge in [-0.2, -0.15) is 5.10 Å². The minimum Gasteiger partial charge on any atom is -0.493 e. The van der Waals surface area contributed by atoms with Crippen molar-refractivity contribution in [3.05, 3.63) is 72.1 Å². The van der Waals surface area contributed by atoms with Crippen LogP contribution in [0.3, 0.4) is 0 Å². The SMILES string of the molecule is COc1cc(C(=O)OCc2ccc(-n3cccn3)cc2)ccc1OCC(N)=O. The molecule has 0 bridgehead atoms. The number of esters is 1. The summed E-state index contributed by atoms with van der Waals surface area (Å²) in [4.78, 5) is 23.1. The normalized spacial score (nSPS) is 10.3. The summed E-state index contributed by atoms with van der Waals surface area (Å²) in [7, 11) is 1.43. The molecule has 8 heteroatoms. The summed E-state index contributed by atoms with van der Waals surface area (Å²) in [5.74, 6) is -0.494. The third-order valence-corrected chi connectivity index (χ3v) is 3.84. The van der Waals surface area contributed by atoms with E-state index in [2.05, 4.69) is 5.10 Å². The van der Waals surface area contributed by atoms with Gasteiger partial charge in [-0.15, -0.1) is 0 Å². The first kappa shape index (κ1) is 19.0. The zero-order valence-corrected chi connectivity index (χ0v) is 15.2. The van der Waals surface area contributed by atoms with Crippen LogP contribution < -0.4 is 15.2 Å². The smallest absolute Gasteiger partial charge is 0.338 e. The highest BCUT2D eigenvalue weighted by Gasteiger charge is 2.13. The van der Waals surface area contributed by atoms with Gasteiger partial charge in [0.15, 0.2) is 18.1 Å². The number of primary amides is 1. The molecule has 1 amide bonds. The van der Waals surface area contributed by atoms with E-state index in [4.69, 9.17) is 19.9 Å². The van der Waals surface area contributed by atoms with Crippen LogP contribution in [0.5, 0.6) is 11.5 Å². The maximum Gasteiger partial charge on any atom is 0.338 e. The maximum absolute atomic E-state index is 12.3. The van der Waals surface area contributed by atoms with E-state index < -0.39 is 11.9 Å². The van der Waals surface area contributed by atoms with Crippen LogP contribution in [0, 0.1) is 0 Å². The van der Waals surface area contributed by atoms with Gasteiger partial charge in [-0.25, -0.2) is 9.48 Å². The Hall–Kier alpha value is -3.81. The summed E-state index contributed by atoms with van der Waals surface area (Å²) >= 11 is 0. The second kappa shape index (κ2) is 8.72. The van der Waals surface area contributed by atoms with E-state index in [1.54, 1.807) is 10.9 Å². The second-order valence-electron chi connectivity index (χ2n) is 5.81. The van der Waals surface area contributed by atoms with Gasteiger partial charge < -0.3 is 19.9 Å². The quantitative estimate of drug-likeness (QED) is 0.599. The van der Waals surface area contributed by atoms with Crippen molar-refractivity contribution in [2.45, 2.75) is 6.61 Å². The summed E-state index contributed by atoms with van der Waals surface area (Å²) in [6.45, 7) is -0.158. The molecule has 0 radical (unpaired) electrons. The minimum absolute atomic E-state index is 0.125. The van der Waals surface area contributed by atoms with Gasteiger partial charge in [0.2, 0.25) is 0 Å². The molecular formula is C20H19N3O5. The summed E-state index contributed by atoms with van der Waals surface area (Å²) < 4.78 is 17.5. The third-order valence-electron chi connectivity index (χ3n) is 3.84. The third kappa shape index (κ3) is 4.67. The second-order valence-corrected chi connectivity index (χ2v) is 5.81. The Morgan fingerprint density at radius 1 is 1.11 bits per heavy atom. The lowest BCUT2D eigenvalue weighted by molar-refractivity contribution is -0.119. The van der Waals surface area contributed by atoms with E-state index in [9.17, 15) is 9.59 Å². The van der Waals surface area contributed by atoms with Gasteiger partial charge in [0.1, 0.15) is 6.61 Å². The van der Waals surface area contributed by atoms with E-state index in [1.807, 2.05) is 36.5 Å². The first-order chi connectivity index (χ1) is 13.6. The highest BCUT2D eigenvalue weighted by molar-refractivity contribution is 5.90. The van der Waals surface area contributed by atoms with Crippen molar-refractivity contribution in [1.82, 2.24) is 9.78 Å². The van der Waals surface area contributed by atoms with Crippen LogP contribution in [-0.4, -0.2) is 35.4 Å². The predicted octanol–water partition coefficient (Wildman–Crippen LogP) is 2.10. The molecule has 28 heavy (non-hydrogen) atoms. The van der Waals surface area contributed by atoms with E-state index in [-0.39, 0.29) is 13.2 Å². The van der Waals surface area contributed by atoms with E-state index in [0.717, 1.165) is 11.3 Å². The lowest BCUT2D eigenvalue weighted by Crippen LogP contribution is -2.20.